The van der Waals surface area contributed by atoms with Gasteiger partial charge in [0, 0.05) is 46.7 Å². The standard InChI is InChI=1S/C13H24N6O2/c1-18(2)12-16-10(15-11(14)17-12)8-19(3)9-13(20)4-6-21-7-5-13/h20H,4-9H2,1-3H3,(H2,14,15,16,17). The minimum Gasteiger partial charge on any atom is -0.388 e. The second-order valence-corrected chi connectivity index (χ2v) is 5.81. The van der Waals surface area contributed by atoms with E-state index >= 15 is 0 Å². The monoisotopic (exact) mass is 296 g/mol. The first-order valence-electron chi connectivity index (χ1n) is 7.04. The number of anilines is 2. The lowest BCUT2D eigenvalue weighted by Crippen LogP contribution is -2.45. The summed E-state index contributed by atoms with van der Waals surface area (Å²) < 4.78 is 5.29. The molecule has 0 radical (unpaired) electrons. The number of hydrogen-bond acceptors (Lipinski definition) is 8. The van der Waals surface area contributed by atoms with Crippen LogP contribution in [0.4, 0.5) is 11.9 Å². The van der Waals surface area contributed by atoms with Crippen molar-refractivity contribution in [2.75, 3.05) is 51.5 Å². The van der Waals surface area contributed by atoms with E-state index in [0.717, 1.165) is 0 Å². The molecule has 1 aliphatic heterocycles. The van der Waals surface area contributed by atoms with Crippen LogP contribution in [0.3, 0.4) is 0 Å². The quantitative estimate of drug-likeness (QED) is 0.749. The number of aliphatic hydroxyl groups is 1. The van der Waals surface area contributed by atoms with Gasteiger partial charge in [-0.2, -0.15) is 15.0 Å². The van der Waals surface area contributed by atoms with Gasteiger partial charge in [-0.15, -0.1) is 0 Å². The van der Waals surface area contributed by atoms with Crippen LogP contribution < -0.4 is 10.6 Å². The summed E-state index contributed by atoms with van der Waals surface area (Å²) in [4.78, 5) is 16.4. The van der Waals surface area contributed by atoms with Gasteiger partial charge in [-0.1, -0.05) is 0 Å². The van der Waals surface area contributed by atoms with Crippen molar-refractivity contribution in [2.45, 2.75) is 25.0 Å². The van der Waals surface area contributed by atoms with Crippen LogP contribution in [0.25, 0.3) is 0 Å². The lowest BCUT2D eigenvalue weighted by atomic mass is 9.94. The van der Waals surface area contributed by atoms with Gasteiger partial charge in [-0.05, 0) is 7.05 Å². The fourth-order valence-electron chi connectivity index (χ4n) is 2.41. The second-order valence-electron chi connectivity index (χ2n) is 5.81. The minimum absolute atomic E-state index is 0.210. The van der Waals surface area contributed by atoms with Gasteiger partial charge in [-0.25, -0.2) is 0 Å². The number of ether oxygens (including phenoxy) is 1. The van der Waals surface area contributed by atoms with E-state index in [2.05, 4.69) is 15.0 Å². The third-order valence-corrected chi connectivity index (χ3v) is 3.49. The van der Waals surface area contributed by atoms with Crippen molar-refractivity contribution in [3.05, 3.63) is 5.82 Å². The van der Waals surface area contributed by atoms with Gasteiger partial charge in [0.2, 0.25) is 11.9 Å². The SMILES string of the molecule is CN(Cc1nc(N)nc(N(C)C)n1)CC1(O)CCOCC1. The summed E-state index contributed by atoms with van der Waals surface area (Å²) in [7, 11) is 5.64. The third-order valence-electron chi connectivity index (χ3n) is 3.49. The Bertz CT molecular complexity index is 476. The van der Waals surface area contributed by atoms with Gasteiger partial charge < -0.3 is 20.5 Å². The van der Waals surface area contributed by atoms with Crippen LogP contribution in [0, 0.1) is 0 Å². The number of aromatic nitrogens is 3. The van der Waals surface area contributed by atoms with Gasteiger partial charge in [-0.3, -0.25) is 4.90 Å². The zero-order valence-electron chi connectivity index (χ0n) is 12.9. The Labute approximate surface area is 125 Å². The number of hydrogen-bond donors (Lipinski definition) is 2. The Hall–Kier alpha value is -1.51. The smallest absolute Gasteiger partial charge is 0.229 e. The third kappa shape index (κ3) is 4.48. The van der Waals surface area contributed by atoms with Crippen LogP contribution in [0.5, 0.6) is 0 Å². The highest BCUT2D eigenvalue weighted by Crippen LogP contribution is 2.21. The van der Waals surface area contributed by atoms with Gasteiger partial charge in [0.1, 0.15) is 5.82 Å². The van der Waals surface area contributed by atoms with Crippen LogP contribution in [0.15, 0.2) is 0 Å². The maximum atomic E-state index is 10.5. The molecule has 21 heavy (non-hydrogen) atoms. The number of nitrogens with zero attached hydrogens (tertiary/aromatic N) is 5. The van der Waals surface area contributed by atoms with Crippen LogP contribution in [0.2, 0.25) is 0 Å². The van der Waals surface area contributed by atoms with Crippen molar-refractivity contribution in [1.29, 1.82) is 0 Å². The predicted molar refractivity (Wildman–Crippen MR) is 79.9 cm³/mol. The van der Waals surface area contributed by atoms with Crippen molar-refractivity contribution >= 4 is 11.9 Å². The molecule has 3 N–H and O–H groups in total. The molecule has 1 aromatic heterocycles. The minimum atomic E-state index is -0.698. The predicted octanol–water partition coefficient (Wildman–Crippen LogP) is -0.507. The highest BCUT2D eigenvalue weighted by atomic mass is 16.5. The van der Waals surface area contributed by atoms with Crippen LogP contribution in [-0.4, -0.2) is 71.5 Å². The molecule has 1 fully saturated rings. The summed E-state index contributed by atoms with van der Waals surface area (Å²) in [5, 5.41) is 10.5. The van der Waals surface area contributed by atoms with E-state index < -0.39 is 5.60 Å². The molecule has 0 bridgehead atoms. The van der Waals surface area contributed by atoms with Crippen LogP contribution in [0.1, 0.15) is 18.7 Å². The Morgan fingerprint density at radius 3 is 2.48 bits per heavy atom. The first kappa shape index (κ1) is 15.9. The molecule has 0 saturated carbocycles. The molecule has 118 valence electrons. The molecule has 8 heteroatoms. The van der Waals surface area contributed by atoms with Crippen molar-refractivity contribution in [1.82, 2.24) is 19.9 Å². The Morgan fingerprint density at radius 2 is 1.86 bits per heavy atom. The molecule has 0 atom stereocenters. The summed E-state index contributed by atoms with van der Waals surface area (Å²) >= 11 is 0. The summed E-state index contributed by atoms with van der Waals surface area (Å²) in [5.41, 5.74) is 5.01. The fraction of sp³-hybridized carbons (Fsp3) is 0.769. The zero-order chi connectivity index (χ0) is 15.5. The lowest BCUT2D eigenvalue weighted by molar-refractivity contribution is -0.0779. The van der Waals surface area contributed by atoms with E-state index in [1.807, 2.05) is 26.0 Å². The van der Waals surface area contributed by atoms with Gasteiger partial charge in [0.05, 0.1) is 12.1 Å². The van der Waals surface area contributed by atoms with Crippen molar-refractivity contribution < 1.29 is 9.84 Å². The summed E-state index contributed by atoms with van der Waals surface area (Å²) in [6.45, 7) is 2.28. The largest absolute Gasteiger partial charge is 0.388 e. The van der Waals surface area contributed by atoms with E-state index in [9.17, 15) is 5.11 Å². The van der Waals surface area contributed by atoms with Gasteiger partial charge in [0.15, 0.2) is 0 Å². The molecule has 8 nitrogen and oxygen atoms in total. The second kappa shape index (κ2) is 6.50. The molecule has 0 aromatic carbocycles. The molecule has 1 aliphatic rings. The highest BCUT2D eigenvalue weighted by Gasteiger charge is 2.31. The molecule has 0 spiro atoms. The number of nitrogens with two attached hydrogens (primary N) is 1. The van der Waals surface area contributed by atoms with Gasteiger partial charge >= 0.3 is 0 Å². The van der Waals surface area contributed by atoms with E-state index in [-0.39, 0.29) is 5.95 Å². The Balaban J connectivity index is 2.00. The molecule has 2 rings (SSSR count). The summed E-state index contributed by atoms with van der Waals surface area (Å²) in [6.07, 6.45) is 1.30. The normalized spacial score (nSPS) is 18.0. The average molecular weight is 296 g/mol. The van der Waals surface area contributed by atoms with Crippen molar-refractivity contribution in [3.8, 4) is 0 Å². The number of likely N-dealkylation sites (N-methyl/N-ethyl adjacent to an activating group) is 1. The first-order valence-corrected chi connectivity index (χ1v) is 7.04. The van der Waals surface area contributed by atoms with E-state index in [4.69, 9.17) is 10.5 Å². The molecular formula is C13H24N6O2. The van der Waals surface area contributed by atoms with Crippen molar-refractivity contribution in [2.24, 2.45) is 0 Å². The number of nitrogen functional groups attached to an aromatic ring is 1. The van der Waals surface area contributed by atoms with E-state index in [0.29, 0.717) is 50.9 Å². The molecule has 0 amide bonds. The maximum absolute atomic E-state index is 10.5. The zero-order valence-corrected chi connectivity index (χ0v) is 12.9. The van der Waals surface area contributed by atoms with Gasteiger partial charge in [0.25, 0.3) is 0 Å². The molecule has 0 aliphatic carbocycles. The molecule has 1 aromatic rings. The Morgan fingerprint density at radius 1 is 1.19 bits per heavy atom. The Kier molecular flexibility index (Phi) is 4.92. The number of rotatable bonds is 5. The van der Waals surface area contributed by atoms with E-state index in [1.165, 1.54) is 0 Å². The summed E-state index contributed by atoms with van der Waals surface area (Å²) in [6, 6.07) is 0. The van der Waals surface area contributed by atoms with Crippen LogP contribution >= 0.6 is 0 Å². The fourth-order valence-corrected chi connectivity index (χ4v) is 2.41. The van der Waals surface area contributed by atoms with Crippen molar-refractivity contribution in [3.63, 3.8) is 0 Å². The highest BCUT2D eigenvalue weighted by molar-refractivity contribution is 5.32. The molecule has 1 saturated heterocycles. The van der Waals surface area contributed by atoms with E-state index in [1.54, 1.807) is 4.90 Å². The molecule has 2 heterocycles. The first-order chi connectivity index (χ1) is 9.88. The topological polar surface area (TPSA) is 101 Å². The van der Waals surface area contributed by atoms with Crippen LogP contribution in [-0.2, 0) is 11.3 Å². The molecule has 0 unspecified atom stereocenters. The average Bonchev–Trinajstić information content (AvgIpc) is 2.37. The maximum Gasteiger partial charge on any atom is 0.229 e. The summed E-state index contributed by atoms with van der Waals surface area (Å²) in [5.74, 6) is 1.35. The lowest BCUT2D eigenvalue weighted by Gasteiger charge is -2.35. The molecular weight excluding hydrogens is 272 g/mol.